The quantitative estimate of drug-likeness (QED) is 0.827. The molecule has 1 atom stereocenters. The molecule has 2 aromatic carbocycles. The van der Waals surface area contributed by atoms with E-state index in [2.05, 4.69) is 5.32 Å². The zero-order valence-electron chi connectivity index (χ0n) is 13.5. The second-order valence-electron chi connectivity index (χ2n) is 5.45. The summed E-state index contributed by atoms with van der Waals surface area (Å²) in [6.45, 7) is 4.50. The molecule has 0 aliphatic carbocycles. The summed E-state index contributed by atoms with van der Waals surface area (Å²) in [6.07, 6.45) is 0.923. The van der Waals surface area contributed by atoms with Gasteiger partial charge in [-0.15, -0.1) is 0 Å². The summed E-state index contributed by atoms with van der Waals surface area (Å²) in [7, 11) is 0. The fourth-order valence-corrected chi connectivity index (χ4v) is 2.39. The number of benzene rings is 2. The average molecular weight is 332 g/mol. The Balaban J connectivity index is 1.85. The minimum atomic E-state index is -0.471. The largest absolute Gasteiger partial charge is 0.480 e. The number of rotatable bonds is 7. The number of ether oxygens (including phenoxy) is 1. The molecule has 0 fully saturated rings. The van der Waals surface area contributed by atoms with Crippen LogP contribution < -0.4 is 10.1 Å². The average Bonchev–Trinajstić information content (AvgIpc) is 2.56. The minimum Gasteiger partial charge on any atom is -0.480 e. The molecule has 4 heteroatoms. The number of aryl methyl sites for hydroxylation is 1. The van der Waals surface area contributed by atoms with Crippen LogP contribution in [-0.4, -0.2) is 18.6 Å². The zero-order chi connectivity index (χ0) is 16.7. The molecule has 122 valence electrons. The molecule has 0 saturated heterocycles. The van der Waals surface area contributed by atoms with Crippen molar-refractivity contribution >= 4 is 17.5 Å². The van der Waals surface area contributed by atoms with Crippen molar-refractivity contribution in [2.24, 2.45) is 0 Å². The number of carbonyl (C=O) groups is 1. The molecule has 2 rings (SSSR count). The fourth-order valence-electron chi connectivity index (χ4n) is 2.26. The van der Waals surface area contributed by atoms with Gasteiger partial charge in [-0.2, -0.15) is 0 Å². The first kappa shape index (κ1) is 17.4. The van der Waals surface area contributed by atoms with E-state index < -0.39 is 6.10 Å². The fraction of sp³-hybridized carbons (Fsp3) is 0.316. The van der Waals surface area contributed by atoms with Gasteiger partial charge in [0.1, 0.15) is 5.75 Å². The summed E-state index contributed by atoms with van der Waals surface area (Å²) in [5.74, 6) is 0.678. The van der Waals surface area contributed by atoms with Gasteiger partial charge in [0, 0.05) is 11.6 Å². The number of nitrogens with one attached hydrogen (secondary N) is 1. The van der Waals surface area contributed by atoms with E-state index in [1.165, 1.54) is 0 Å². The third kappa shape index (κ3) is 5.29. The van der Waals surface area contributed by atoms with Crippen molar-refractivity contribution < 1.29 is 9.53 Å². The highest BCUT2D eigenvalue weighted by molar-refractivity contribution is 6.30. The Labute approximate surface area is 142 Å². The monoisotopic (exact) mass is 331 g/mol. The Morgan fingerprint density at radius 3 is 2.52 bits per heavy atom. The number of hydrogen-bond acceptors (Lipinski definition) is 2. The van der Waals surface area contributed by atoms with Crippen LogP contribution >= 0.6 is 11.6 Å². The molecule has 0 saturated carbocycles. The van der Waals surface area contributed by atoms with E-state index in [4.69, 9.17) is 16.3 Å². The van der Waals surface area contributed by atoms with Crippen LogP contribution in [0.4, 0.5) is 0 Å². The first-order valence-electron chi connectivity index (χ1n) is 7.84. The van der Waals surface area contributed by atoms with Gasteiger partial charge in [0.2, 0.25) is 0 Å². The van der Waals surface area contributed by atoms with Crippen LogP contribution in [0.1, 0.15) is 24.5 Å². The van der Waals surface area contributed by atoms with Gasteiger partial charge in [0.05, 0.1) is 0 Å². The molecule has 0 aliphatic rings. The van der Waals surface area contributed by atoms with Crippen LogP contribution in [0.15, 0.2) is 48.5 Å². The van der Waals surface area contributed by atoms with E-state index in [-0.39, 0.29) is 5.91 Å². The summed E-state index contributed by atoms with van der Waals surface area (Å²) < 4.78 is 5.85. The van der Waals surface area contributed by atoms with Gasteiger partial charge in [0.15, 0.2) is 6.10 Å². The predicted molar refractivity (Wildman–Crippen MR) is 94.1 cm³/mol. The second kappa shape index (κ2) is 8.59. The molecular formula is C19H22ClNO2. The van der Waals surface area contributed by atoms with Crippen molar-refractivity contribution in [1.82, 2.24) is 5.32 Å². The first-order chi connectivity index (χ1) is 11.1. The molecule has 1 N–H and O–H groups in total. The molecule has 0 heterocycles. The lowest BCUT2D eigenvalue weighted by Gasteiger charge is -2.18. The first-order valence-corrected chi connectivity index (χ1v) is 8.22. The zero-order valence-corrected chi connectivity index (χ0v) is 14.3. The van der Waals surface area contributed by atoms with Crippen LogP contribution in [0, 0.1) is 6.92 Å². The van der Waals surface area contributed by atoms with Crippen molar-refractivity contribution in [3.05, 3.63) is 64.7 Å². The highest BCUT2D eigenvalue weighted by atomic mass is 35.5. The Morgan fingerprint density at radius 2 is 1.87 bits per heavy atom. The molecule has 0 aliphatic heterocycles. The van der Waals surface area contributed by atoms with E-state index in [1.807, 2.05) is 62.4 Å². The van der Waals surface area contributed by atoms with Gasteiger partial charge >= 0.3 is 0 Å². The Bertz CT molecular complexity index is 640. The molecular weight excluding hydrogens is 310 g/mol. The van der Waals surface area contributed by atoms with E-state index in [0.29, 0.717) is 13.0 Å². The van der Waals surface area contributed by atoms with Gasteiger partial charge in [-0.1, -0.05) is 48.9 Å². The maximum absolute atomic E-state index is 12.3. The number of halogens is 1. The molecule has 0 bridgehead atoms. The summed E-state index contributed by atoms with van der Waals surface area (Å²) in [5, 5.41) is 3.66. The third-order valence-electron chi connectivity index (χ3n) is 3.65. The Hall–Kier alpha value is -2.00. The highest BCUT2D eigenvalue weighted by Crippen LogP contribution is 2.18. The predicted octanol–water partition coefficient (Wildman–Crippen LogP) is 4.16. The van der Waals surface area contributed by atoms with Crippen LogP contribution in [0.2, 0.25) is 5.02 Å². The molecule has 0 radical (unpaired) electrons. The van der Waals surface area contributed by atoms with Crippen molar-refractivity contribution in [2.75, 3.05) is 6.54 Å². The molecule has 1 unspecified atom stereocenters. The SMILES string of the molecule is CCC(Oc1ccccc1C)C(=O)NCCc1ccc(Cl)cc1. The van der Waals surface area contributed by atoms with E-state index in [1.54, 1.807) is 0 Å². The van der Waals surface area contributed by atoms with E-state index in [9.17, 15) is 4.79 Å². The number of hydrogen-bond donors (Lipinski definition) is 1. The van der Waals surface area contributed by atoms with Crippen molar-refractivity contribution in [2.45, 2.75) is 32.8 Å². The van der Waals surface area contributed by atoms with Gasteiger partial charge in [-0.3, -0.25) is 4.79 Å². The lowest BCUT2D eigenvalue weighted by Crippen LogP contribution is -2.39. The maximum atomic E-state index is 12.3. The lowest BCUT2D eigenvalue weighted by molar-refractivity contribution is -0.128. The van der Waals surface area contributed by atoms with Crippen LogP contribution in [0.3, 0.4) is 0 Å². The van der Waals surface area contributed by atoms with Gasteiger partial charge in [-0.25, -0.2) is 0 Å². The maximum Gasteiger partial charge on any atom is 0.261 e. The molecule has 2 aromatic rings. The molecule has 3 nitrogen and oxygen atoms in total. The number of para-hydroxylation sites is 1. The van der Waals surface area contributed by atoms with Gasteiger partial charge < -0.3 is 10.1 Å². The van der Waals surface area contributed by atoms with Crippen LogP contribution in [0.25, 0.3) is 0 Å². The summed E-state index contributed by atoms with van der Waals surface area (Å²) in [4.78, 5) is 12.3. The van der Waals surface area contributed by atoms with E-state index >= 15 is 0 Å². The number of carbonyl (C=O) groups excluding carboxylic acids is 1. The van der Waals surface area contributed by atoms with Crippen molar-refractivity contribution in [3.63, 3.8) is 0 Å². The molecule has 0 aromatic heterocycles. The standard InChI is InChI=1S/C19H22ClNO2/c1-3-17(23-18-7-5-4-6-14(18)2)19(22)21-13-12-15-8-10-16(20)11-9-15/h4-11,17H,3,12-13H2,1-2H3,(H,21,22). The van der Waals surface area contributed by atoms with Crippen LogP contribution in [0.5, 0.6) is 5.75 Å². The molecule has 0 spiro atoms. The minimum absolute atomic E-state index is 0.0790. The lowest BCUT2D eigenvalue weighted by atomic mass is 10.1. The van der Waals surface area contributed by atoms with E-state index in [0.717, 1.165) is 28.3 Å². The van der Waals surface area contributed by atoms with Gasteiger partial charge in [0.25, 0.3) is 5.91 Å². The molecule has 1 amide bonds. The van der Waals surface area contributed by atoms with Crippen LogP contribution in [-0.2, 0) is 11.2 Å². The summed E-state index contributed by atoms with van der Waals surface area (Å²) in [5.41, 5.74) is 2.17. The van der Waals surface area contributed by atoms with Crippen molar-refractivity contribution in [1.29, 1.82) is 0 Å². The Morgan fingerprint density at radius 1 is 1.17 bits per heavy atom. The second-order valence-corrected chi connectivity index (χ2v) is 5.88. The smallest absolute Gasteiger partial charge is 0.261 e. The topological polar surface area (TPSA) is 38.3 Å². The molecule has 23 heavy (non-hydrogen) atoms. The van der Waals surface area contributed by atoms with Crippen molar-refractivity contribution in [3.8, 4) is 5.75 Å². The van der Waals surface area contributed by atoms with Gasteiger partial charge in [-0.05, 0) is 49.1 Å². The highest BCUT2D eigenvalue weighted by Gasteiger charge is 2.18. The summed E-state index contributed by atoms with van der Waals surface area (Å²) >= 11 is 5.86. The third-order valence-corrected chi connectivity index (χ3v) is 3.90. The Kier molecular flexibility index (Phi) is 6.48. The summed E-state index contributed by atoms with van der Waals surface area (Å²) in [6, 6.07) is 15.4. The normalized spacial score (nSPS) is 11.8. The number of amides is 1.